The SMILES string of the molecule is COCCOCCC(C)(N)CCOCCOC. The van der Waals surface area contributed by atoms with Gasteiger partial charge in [0, 0.05) is 33.0 Å². The fourth-order valence-corrected chi connectivity index (χ4v) is 1.22. The Morgan fingerprint density at radius 2 is 1.18 bits per heavy atom. The molecule has 2 N–H and O–H groups in total. The molecule has 0 fully saturated rings. The van der Waals surface area contributed by atoms with Crippen LogP contribution in [0.5, 0.6) is 0 Å². The molecule has 5 nitrogen and oxygen atoms in total. The third-order valence-electron chi connectivity index (χ3n) is 2.50. The Balaban J connectivity index is 3.38. The van der Waals surface area contributed by atoms with Crippen LogP contribution >= 0.6 is 0 Å². The van der Waals surface area contributed by atoms with Gasteiger partial charge in [-0.25, -0.2) is 0 Å². The number of ether oxygens (including phenoxy) is 4. The van der Waals surface area contributed by atoms with Crippen molar-refractivity contribution in [2.75, 3.05) is 53.9 Å². The molecule has 0 aromatic carbocycles. The van der Waals surface area contributed by atoms with Crippen molar-refractivity contribution in [2.24, 2.45) is 5.73 Å². The lowest BCUT2D eigenvalue weighted by Gasteiger charge is -2.24. The molecule has 0 amide bonds. The van der Waals surface area contributed by atoms with E-state index in [1.807, 2.05) is 6.92 Å². The van der Waals surface area contributed by atoms with Gasteiger partial charge in [0.2, 0.25) is 0 Å². The molecule has 0 rings (SSSR count). The standard InChI is InChI=1S/C12H27NO4/c1-12(13,4-6-16-10-8-14-2)5-7-17-11-9-15-3/h4-11,13H2,1-3H3. The molecule has 0 atom stereocenters. The van der Waals surface area contributed by atoms with Gasteiger partial charge in [-0.1, -0.05) is 0 Å². The second-order valence-electron chi connectivity index (χ2n) is 4.36. The molecule has 0 unspecified atom stereocenters. The minimum Gasteiger partial charge on any atom is -0.382 e. The first kappa shape index (κ1) is 16.8. The predicted octanol–water partition coefficient (Wildman–Crippen LogP) is 0.810. The van der Waals surface area contributed by atoms with Gasteiger partial charge in [-0.15, -0.1) is 0 Å². The largest absolute Gasteiger partial charge is 0.382 e. The molecule has 0 radical (unpaired) electrons. The van der Waals surface area contributed by atoms with Crippen LogP contribution in [0.4, 0.5) is 0 Å². The van der Waals surface area contributed by atoms with Crippen molar-refractivity contribution < 1.29 is 18.9 Å². The summed E-state index contributed by atoms with van der Waals surface area (Å²) in [6.45, 7) is 5.84. The molecule has 0 aliphatic rings. The molecule has 0 bridgehead atoms. The summed E-state index contributed by atoms with van der Waals surface area (Å²) < 4.78 is 20.6. The van der Waals surface area contributed by atoms with E-state index in [0.29, 0.717) is 39.6 Å². The van der Waals surface area contributed by atoms with Crippen molar-refractivity contribution >= 4 is 0 Å². The first-order chi connectivity index (χ1) is 8.12. The van der Waals surface area contributed by atoms with E-state index < -0.39 is 0 Å². The highest BCUT2D eigenvalue weighted by Gasteiger charge is 2.17. The molecule has 0 saturated heterocycles. The van der Waals surface area contributed by atoms with E-state index in [1.165, 1.54) is 0 Å². The Morgan fingerprint density at radius 1 is 0.765 bits per heavy atom. The number of hydrogen-bond donors (Lipinski definition) is 1. The average molecular weight is 249 g/mol. The fourth-order valence-electron chi connectivity index (χ4n) is 1.22. The Hall–Kier alpha value is -0.200. The Kier molecular flexibility index (Phi) is 10.8. The molecule has 0 aliphatic carbocycles. The van der Waals surface area contributed by atoms with E-state index in [2.05, 4.69) is 0 Å². The second-order valence-corrected chi connectivity index (χ2v) is 4.36. The van der Waals surface area contributed by atoms with Crippen molar-refractivity contribution in [1.82, 2.24) is 0 Å². The van der Waals surface area contributed by atoms with Crippen LogP contribution < -0.4 is 5.73 Å². The molecular formula is C12H27NO4. The van der Waals surface area contributed by atoms with E-state index in [9.17, 15) is 0 Å². The molecule has 17 heavy (non-hydrogen) atoms. The molecule has 0 aromatic rings. The lowest BCUT2D eigenvalue weighted by molar-refractivity contribution is 0.0472. The Bertz CT molecular complexity index is 149. The molecule has 0 saturated carbocycles. The van der Waals surface area contributed by atoms with Crippen molar-refractivity contribution in [1.29, 1.82) is 0 Å². The van der Waals surface area contributed by atoms with E-state index in [4.69, 9.17) is 24.7 Å². The third kappa shape index (κ3) is 12.1. The zero-order valence-electron chi connectivity index (χ0n) is 11.4. The summed E-state index contributed by atoms with van der Waals surface area (Å²) in [5.74, 6) is 0. The van der Waals surface area contributed by atoms with Crippen LogP contribution in [0.25, 0.3) is 0 Å². The van der Waals surface area contributed by atoms with Crippen LogP contribution in [0.1, 0.15) is 19.8 Å². The zero-order valence-corrected chi connectivity index (χ0v) is 11.4. The van der Waals surface area contributed by atoms with Gasteiger partial charge in [0.1, 0.15) is 0 Å². The zero-order chi connectivity index (χ0) is 13.0. The van der Waals surface area contributed by atoms with Gasteiger partial charge in [-0.3, -0.25) is 0 Å². The van der Waals surface area contributed by atoms with Crippen molar-refractivity contribution in [3.8, 4) is 0 Å². The summed E-state index contributed by atoms with van der Waals surface area (Å²) >= 11 is 0. The van der Waals surface area contributed by atoms with Gasteiger partial charge < -0.3 is 24.7 Å². The van der Waals surface area contributed by atoms with E-state index in [-0.39, 0.29) is 5.54 Å². The van der Waals surface area contributed by atoms with Gasteiger partial charge >= 0.3 is 0 Å². The number of hydrogen-bond acceptors (Lipinski definition) is 5. The highest BCUT2D eigenvalue weighted by Crippen LogP contribution is 2.11. The van der Waals surface area contributed by atoms with Crippen LogP contribution in [0.2, 0.25) is 0 Å². The van der Waals surface area contributed by atoms with E-state index in [0.717, 1.165) is 12.8 Å². The highest BCUT2D eigenvalue weighted by atomic mass is 16.5. The summed E-state index contributed by atoms with van der Waals surface area (Å²) in [6.07, 6.45) is 1.65. The summed E-state index contributed by atoms with van der Waals surface area (Å²) in [4.78, 5) is 0. The first-order valence-corrected chi connectivity index (χ1v) is 6.04. The van der Waals surface area contributed by atoms with Gasteiger partial charge in [-0.05, 0) is 19.8 Å². The lowest BCUT2D eigenvalue weighted by atomic mass is 9.96. The van der Waals surface area contributed by atoms with Gasteiger partial charge in [0.05, 0.1) is 26.4 Å². The quantitative estimate of drug-likeness (QED) is 0.519. The van der Waals surface area contributed by atoms with Crippen molar-refractivity contribution in [2.45, 2.75) is 25.3 Å². The first-order valence-electron chi connectivity index (χ1n) is 6.04. The van der Waals surface area contributed by atoms with E-state index >= 15 is 0 Å². The molecule has 0 aliphatic heterocycles. The Labute approximate surface area is 105 Å². The van der Waals surface area contributed by atoms with Crippen molar-refractivity contribution in [3.63, 3.8) is 0 Å². The fraction of sp³-hybridized carbons (Fsp3) is 1.00. The predicted molar refractivity (Wildman–Crippen MR) is 67.2 cm³/mol. The molecule has 0 spiro atoms. The minimum atomic E-state index is -0.236. The molecule has 104 valence electrons. The normalized spacial score (nSPS) is 12.0. The average Bonchev–Trinajstić information content (AvgIpc) is 2.28. The number of methoxy groups -OCH3 is 2. The summed E-state index contributed by atoms with van der Waals surface area (Å²) in [7, 11) is 3.32. The van der Waals surface area contributed by atoms with Crippen LogP contribution in [0, 0.1) is 0 Å². The number of nitrogens with two attached hydrogens (primary N) is 1. The topological polar surface area (TPSA) is 62.9 Å². The molecule has 0 heterocycles. The smallest absolute Gasteiger partial charge is 0.0700 e. The van der Waals surface area contributed by atoms with E-state index in [1.54, 1.807) is 14.2 Å². The highest BCUT2D eigenvalue weighted by molar-refractivity contribution is 4.77. The minimum absolute atomic E-state index is 0.236. The molecular weight excluding hydrogens is 222 g/mol. The molecule has 5 heteroatoms. The second kappa shape index (κ2) is 10.9. The third-order valence-corrected chi connectivity index (χ3v) is 2.50. The summed E-state index contributed by atoms with van der Waals surface area (Å²) in [6, 6.07) is 0. The van der Waals surface area contributed by atoms with Crippen LogP contribution in [0.3, 0.4) is 0 Å². The van der Waals surface area contributed by atoms with Gasteiger partial charge in [0.25, 0.3) is 0 Å². The van der Waals surface area contributed by atoms with Crippen LogP contribution in [-0.4, -0.2) is 59.4 Å². The van der Waals surface area contributed by atoms with Crippen LogP contribution in [-0.2, 0) is 18.9 Å². The number of rotatable bonds is 12. The van der Waals surface area contributed by atoms with Gasteiger partial charge in [0.15, 0.2) is 0 Å². The monoisotopic (exact) mass is 249 g/mol. The maximum atomic E-state index is 6.12. The summed E-state index contributed by atoms with van der Waals surface area (Å²) in [5, 5.41) is 0. The maximum Gasteiger partial charge on any atom is 0.0700 e. The van der Waals surface area contributed by atoms with Crippen molar-refractivity contribution in [3.05, 3.63) is 0 Å². The molecule has 0 aromatic heterocycles. The Morgan fingerprint density at radius 3 is 1.53 bits per heavy atom. The maximum absolute atomic E-state index is 6.12. The van der Waals surface area contributed by atoms with Crippen LogP contribution in [0.15, 0.2) is 0 Å². The summed E-state index contributed by atoms with van der Waals surface area (Å²) in [5.41, 5.74) is 5.89. The lowest BCUT2D eigenvalue weighted by Crippen LogP contribution is -2.38. The van der Waals surface area contributed by atoms with Gasteiger partial charge in [-0.2, -0.15) is 0 Å².